The second kappa shape index (κ2) is 6.93. The second-order valence-electron chi connectivity index (χ2n) is 4.71. The number of hydrogen-bond donors (Lipinski definition) is 4. The molecular weight excluding hydrogens is 254 g/mol. The van der Waals surface area contributed by atoms with Crippen molar-refractivity contribution in [1.82, 2.24) is 15.5 Å². The van der Waals surface area contributed by atoms with Gasteiger partial charge in [0.05, 0.1) is 6.42 Å². The first-order chi connectivity index (χ1) is 8.88. The van der Waals surface area contributed by atoms with Crippen LogP contribution in [0.25, 0.3) is 0 Å². The Hall–Kier alpha value is -1.83. The zero-order valence-corrected chi connectivity index (χ0v) is 10.8. The van der Waals surface area contributed by atoms with Gasteiger partial charge in [-0.1, -0.05) is 0 Å². The number of nitrogens with zero attached hydrogens (tertiary/aromatic N) is 1. The summed E-state index contributed by atoms with van der Waals surface area (Å²) in [6.45, 7) is 1.67. The average molecular weight is 273 g/mol. The van der Waals surface area contributed by atoms with E-state index in [4.69, 9.17) is 10.2 Å². The number of urea groups is 1. The standard InChI is InChI=1S/C11H19N3O5/c1-14-4-2-3-7(6-14)12-11(19)13-8(10(17)18)5-9(15)16/h7-8H,2-6H2,1H3,(H,15,16)(H,17,18)(H2,12,13,19)/t7?,8-/m0/s1. The largest absolute Gasteiger partial charge is 0.481 e. The third kappa shape index (κ3) is 5.56. The molecule has 0 aliphatic carbocycles. The zero-order chi connectivity index (χ0) is 14.4. The maximum atomic E-state index is 11.6. The minimum absolute atomic E-state index is 0.0435. The number of carbonyl (C=O) groups is 3. The molecule has 0 bridgehead atoms. The Bertz CT molecular complexity index is 360. The number of rotatable bonds is 5. The highest BCUT2D eigenvalue weighted by atomic mass is 16.4. The molecule has 0 spiro atoms. The highest BCUT2D eigenvalue weighted by molar-refractivity contribution is 5.86. The number of amides is 2. The zero-order valence-electron chi connectivity index (χ0n) is 10.8. The average Bonchev–Trinajstić information content (AvgIpc) is 2.27. The van der Waals surface area contributed by atoms with Gasteiger partial charge in [0.15, 0.2) is 0 Å². The molecule has 2 amide bonds. The van der Waals surface area contributed by atoms with Gasteiger partial charge in [0.1, 0.15) is 6.04 Å². The lowest BCUT2D eigenvalue weighted by Gasteiger charge is -2.30. The van der Waals surface area contributed by atoms with Gasteiger partial charge in [-0.25, -0.2) is 9.59 Å². The summed E-state index contributed by atoms with van der Waals surface area (Å²) in [5.41, 5.74) is 0. The molecule has 2 atom stereocenters. The van der Waals surface area contributed by atoms with Gasteiger partial charge < -0.3 is 25.7 Å². The van der Waals surface area contributed by atoms with Crippen LogP contribution >= 0.6 is 0 Å². The molecule has 108 valence electrons. The van der Waals surface area contributed by atoms with Gasteiger partial charge in [0, 0.05) is 12.6 Å². The molecule has 8 nitrogen and oxygen atoms in total. The van der Waals surface area contributed by atoms with Gasteiger partial charge in [-0.05, 0) is 26.4 Å². The van der Waals surface area contributed by atoms with Gasteiger partial charge in [-0.2, -0.15) is 0 Å². The summed E-state index contributed by atoms with van der Waals surface area (Å²) in [6, 6.07) is -2.11. The highest BCUT2D eigenvalue weighted by Crippen LogP contribution is 2.07. The minimum atomic E-state index is -1.42. The van der Waals surface area contributed by atoms with Crippen LogP contribution in [0.1, 0.15) is 19.3 Å². The summed E-state index contributed by atoms with van der Waals surface area (Å²) in [6.07, 6.45) is 1.14. The third-order valence-corrected chi connectivity index (χ3v) is 2.94. The summed E-state index contributed by atoms with van der Waals surface area (Å²) >= 11 is 0. The first-order valence-corrected chi connectivity index (χ1v) is 6.08. The van der Waals surface area contributed by atoms with Gasteiger partial charge in [-0.15, -0.1) is 0 Å². The number of hydrogen-bond acceptors (Lipinski definition) is 4. The summed E-state index contributed by atoms with van der Waals surface area (Å²) in [7, 11) is 1.94. The van der Waals surface area contributed by atoms with Gasteiger partial charge in [-0.3, -0.25) is 4.79 Å². The number of nitrogens with one attached hydrogen (secondary N) is 2. The van der Waals surface area contributed by atoms with Crippen LogP contribution in [0.15, 0.2) is 0 Å². The van der Waals surface area contributed by atoms with Gasteiger partial charge in [0.25, 0.3) is 0 Å². The van der Waals surface area contributed by atoms with E-state index < -0.39 is 30.4 Å². The lowest BCUT2D eigenvalue weighted by molar-refractivity contribution is -0.145. The van der Waals surface area contributed by atoms with Crippen LogP contribution in [0.4, 0.5) is 4.79 Å². The van der Waals surface area contributed by atoms with Crippen molar-refractivity contribution in [2.45, 2.75) is 31.3 Å². The lowest BCUT2D eigenvalue weighted by Crippen LogP contribution is -2.53. The Balaban J connectivity index is 2.43. The Morgan fingerprint density at radius 1 is 1.37 bits per heavy atom. The second-order valence-corrected chi connectivity index (χ2v) is 4.71. The fourth-order valence-corrected chi connectivity index (χ4v) is 2.04. The van der Waals surface area contributed by atoms with Crippen LogP contribution < -0.4 is 10.6 Å². The molecule has 1 heterocycles. The molecule has 0 aromatic heterocycles. The van der Waals surface area contributed by atoms with Crippen molar-refractivity contribution >= 4 is 18.0 Å². The molecule has 1 rings (SSSR count). The molecule has 0 radical (unpaired) electrons. The summed E-state index contributed by atoms with van der Waals surface area (Å²) < 4.78 is 0. The summed E-state index contributed by atoms with van der Waals surface area (Å²) in [5.74, 6) is -2.64. The molecular formula is C11H19N3O5. The van der Waals surface area contributed by atoms with Crippen molar-refractivity contribution in [1.29, 1.82) is 0 Å². The van der Waals surface area contributed by atoms with Crippen molar-refractivity contribution in [3.8, 4) is 0 Å². The van der Waals surface area contributed by atoms with Crippen LogP contribution in [0.2, 0.25) is 0 Å². The van der Waals surface area contributed by atoms with E-state index in [1.54, 1.807) is 0 Å². The molecule has 8 heteroatoms. The number of piperidine rings is 1. The van der Waals surface area contributed by atoms with Crippen molar-refractivity contribution in [3.05, 3.63) is 0 Å². The molecule has 1 aliphatic rings. The number of aliphatic carboxylic acids is 2. The smallest absolute Gasteiger partial charge is 0.326 e. The maximum absolute atomic E-state index is 11.6. The monoisotopic (exact) mass is 273 g/mol. The highest BCUT2D eigenvalue weighted by Gasteiger charge is 2.25. The van der Waals surface area contributed by atoms with Crippen LogP contribution in [-0.4, -0.2) is 65.3 Å². The first-order valence-electron chi connectivity index (χ1n) is 6.08. The van der Waals surface area contributed by atoms with E-state index in [1.807, 2.05) is 7.05 Å². The summed E-state index contributed by atoms with van der Waals surface area (Å²) in [4.78, 5) is 35.0. The van der Waals surface area contributed by atoms with Crippen molar-refractivity contribution in [2.75, 3.05) is 20.1 Å². The number of carboxylic acid groups (broad SMARTS) is 2. The minimum Gasteiger partial charge on any atom is -0.481 e. The molecule has 1 unspecified atom stereocenters. The number of likely N-dealkylation sites (tertiary alicyclic amines) is 1. The van der Waals surface area contributed by atoms with Gasteiger partial charge in [0.2, 0.25) is 0 Å². The SMILES string of the molecule is CN1CCCC(NC(=O)N[C@@H](CC(=O)O)C(=O)O)C1. The Morgan fingerprint density at radius 3 is 2.58 bits per heavy atom. The molecule has 19 heavy (non-hydrogen) atoms. The van der Waals surface area contributed by atoms with Crippen LogP contribution in [0.3, 0.4) is 0 Å². The van der Waals surface area contributed by atoms with Crippen molar-refractivity contribution in [2.24, 2.45) is 0 Å². The van der Waals surface area contributed by atoms with Crippen molar-refractivity contribution < 1.29 is 24.6 Å². The predicted octanol–water partition coefficient (Wildman–Crippen LogP) is -0.692. The van der Waals surface area contributed by atoms with E-state index in [0.29, 0.717) is 6.54 Å². The molecule has 1 fully saturated rings. The fourth-order valence-electron chi connectivity index (χ4n) is 2.04. The van der Waals surface area contributed by atoms with Gasteiger partial charge >= 0.3 is 18.0 Å². The van der Waals surface area contributed by atoms with E-state index in [9.17, 15) is 14.4 Å². The Morgan fingerprint density at radius 2 is 2.05 bits per heavy atom. The molecule has 0 aromatic carbocycles. The number of carboxylic acids is 2. The van der Waals surface area contributed by atoms with Crippen LogP contribution in [0.5, 0.6) is 0 Å². The van der Waals surface area contributed by atoms with E-state index >= 15 is 0 Å². The number of carbonyl (C=O) groups excluding carboxylic acids is 1. The molecule has 1 saturated heterocycles. The fraction of sp³-hybridized carbons (Fsp3) is 0.727. The van der Waals surface area contributed by atoms with Crippen molar-refractivity contribution in [3.63, 3.8) is 0 Å². The van der Waals surface area contributed by atoms with E-state index in [0.717, 1.165) is 19.4 Å². The number of likely N-dealkylation sites (N-methyl/N-ethyl adjacent to an activating group) is 1. The predicted molar refractivity (Wildman–Crippen MR) is 65.9 cm³/mol. The summed E-state index contributed by atoms with van der Waals surface area (Å²) in [5, 5.41) is 22.2. The molecule has 4 N–H and O–H groups in total. The molecule has 0 aromatic rings. The topological polar surface area (TPSA) is 119 Å². The normalized spacial score (nSPS) is 21.4. The van der Waals surface area contributed by atoms with E-state index in [1.165, 1.54) is 0 Å². The maximum Gasteiger partial charge on any atom is 0.326 e. The Labute approximate surface area is 110 Å². The first kappa shape index (κ1) is 15.2. The van der Waals surface area contributed by atoms with E-state index in [-0.39, 0.29) is 6.04 Å². The lowest BCUT2D eigenvalue weighted by atomic mass is 10.1. The van der Waals surface area contributed by atoms with Crippen LogP contribution in [0, 0.1) is 0 Å². The quantitative estimate of drug-likeness (QED) is 0.526. The third-order valence-electron chi connectivity index (χ3n) is 2.94. The van der Waals surface area contributed by atoms with E-state index in [2.05, 4.69) is 15.5 Å². The molecule has 1 aliphatic heterocycles. The Kier molecular flexibility index (Phi) is 5.56. The molecule has 0 saturated carbocycles. The van der Waals surface area contributed by atoms with Crippen LogP contribution in [-0.2, 0) is 9.59 Å².